The van der Waals surface area contributed by atoms with Crippen LogP contribution >= 0.6 is 0 Å². The minimum absolute atomic E-state index is 0.354. The molecule has 3 rings (SSSR count). The van der Waals surface area contributed by atoms with Gasteiger partial charge >= 0.3 is 0 Å². The van der Waals surface area contributed by atoms with Gasteiger partial charge < -0.3 is 10.6 Å². The van der Waals surface area contributed by atoms with Crippen molar-refractivity contribution in [2.75, 3.05) is 32.7 Å². The molecule has 1 fully saturated rings. The van der Waals surface area contributed by atoms with Crippen LogP contribution in [0.25, 0.3) is 0 Å². The monoisotopic (exact) mass is 382 g/mol. The maximum Gasteiger partial charge on any atom is 0.191 e. The molecule has 6 heteroatoms. The third-order valence-electron chi connectivity index (χ3n) is 5.38. The number of guanidine groups is 1. The molecule has 1 saturated heterocycles. The average Bonchev–Trinajstić information content (AvgIpc) is 3.38. The lowest BCUT2D eigenvalue weighted by molar-refractivity contribution is 0.251. The maximum atomic E-state index is 4.92. The molecule has 1 aromatic heterocycles. The van der Waals surface area contributed by atoms with Crippen molar-refractivity contribution in [1.82, 2.24) is 25.7 Å². The number of H-pyrrole nitrogens is 1. The van der Waals surface area contributed by atoms with Gasteiger partial charge in [0, 0.05) is 18.8 Å². The van der Waals surface area contributed by atoms with E-state index in [0.29, 0.717) is 6.04 Å². The lowest BCUT2D eigenvalue weighted by atomic mass is 10.1. The zero-order valence-electron chi connectivity index (χ0n) is 17.2. The van der Waals surface area contributed by atoms with Crippen LogP contribution in [-0.4, -0.2) is 53.8 Å². The highest BCUT2D eigenvalue weighted by Crippen LogP contribution is 2.25. The van der Waals surface area contributed by atoms with Crippen LogP contribution in [0, 0.1) is 6.92 Å². The largest absolute Gasteiger partial charge is 0.357 e. The maximum absolute atomic E-state index is 4.92. The molecule has 2 aromatic rings. The van der Waals surface area contributed by atoms with E-state index in [0.717, 1.165) is 44.1 Å². The first-order valence-corrected chi connectivity index (χ1v) is 10.6. The number of nitrogens with zero attached hydrogens (tertiary/aromatic N) is 3. The molecule has 152 valence electrons. The van der Waals surface area contributed by atoms with Gasteiger partial charge in [-0.3, -0.25) is 15.0 Å². The van der Waals surface area contributed by atoms with Crippen molar-refractivity contribution in [3.63, 3.8) is 0 Å². The minimum Gasteiger partial charge on any atom is -0.357 e. The van der Waals surface area contributed by atoms with Gasteiger partial charge in [-0.05, 0) is 63.7 Å². The van der Waals surface area contributed by atoms with E-state index in [-0.39, 0.29) is 0 Å². The van der Waals surface area contributed by atoms with Crippen LogP contribution in [0.5, 0.6) is 0 Å². The quantitative estimate of drug-likeness (QED) is 0.354. The van der Waals surface area contributed by atoms with Crippen molar-refractivity contribution in [2.45, 2.75) is 45.6 Å². The Morgan fingerprint density at radius 1 is 1.21 bits per heavy atom. The highest BCUT2D eigenvalue weighted by atomic mass is 15.2. The van der Waals surface area contributed by atoms with Gasteiger partial charge in [0.25, 0.3) is 0 Å². The highest BCUT2D eigenvalue weighted by Gasteiger charge is 2.23. The van der Waals surface area contributed by atoms with Gasteiger partial charge in [0.15, 0.2) is 5.96 Å². The van der Waals surface area contributed by atoms with E-state index in [9.17, 15) is 0 Å². The molecule has 1 atom stereocenters. The number of hydrogen-bond acceptors (Lipinski definition) is 3. The van der Waals surface area contributed by atoms with Crippen molar-refractivity contribution in [3.05, 3.63) is 53.3 Å². The molecule has 1 aromatic carbocycles. The van der Waals surface area contributed by atoms with Crippen LogP contribution in [0.1, 0.15) is 49.0 Å². The fourth-order valence-electron chi connectivity index (χ4n) is 3.79. The Morgan fingerprint density at radius 2 is 2.00 bits per heavy atom. The Bertz CT molecular complexity index is 718. The van der Waals surface area contributed by atoms with E-state index >= 15 is 0 Å². The van der Waals surface area contributed by atoms with Crippen LogP contribution in [0.15, 0.2) is 41.5 Å². The highest BCUT2D eigenvalue weighted by molar-refractivity contribution is 5.79. The predicted molar refractivity (Wildman–Crippen MR) is 116 cm³/mol. The van der Waals surface area contributed by atoms with E-state index in [1.807, 2.05) is 6.20 Å². The Hall–Kier alpha value is -2.34. The lowest BCUT2D eigenvalue weighted by Gasteiger charge is -2.27. The van der Waals surface area contributed by atoms with Crippen molar-refractivity contribution >= 4 is 5.96 Å². The number of aliphatic imine (C=N–C) groups is 1. The topological polar surface area (TPSA) is 68.3 Å². The molecular weight excluding hydrogens is 348 g/mol. The molecule has 0 spiro atoms. The summed E-state index contributed by atoms with van der Waals surface area (Å²) in [7, 11) is 0. The summed E-state index contributed by atoms with van der Waals surface area (Å²) in [4.78, 5) is 7.49. The number of aryl methyl sites for hydroxylation is 2. The molecule has 2 heterocycles. The first kappa shape index (κ1) is 20.4. The van der Waals surface area contributed by atoms with Crippen LogP contribution in [0.4, 0.5) is 0 Å². The molecule has 1 aliphatic rings. The number of likely N-dealkylation sites (tertiary alicyclic amines) is 1. The SMILES string of the molecule is CCNC(=NCC(c1ccccc1)N1CCCC1)NCCCc1cn[nH]c1C. The van der Waals surface area contributed by atoms with Crippen LogP contribution in [-0.2, 0) is 6.42 Å². The van der Waals surface area contributed by atoms with Gasteiger partial charge in [0.05, 0.1) is 18.8 Å². The van der Waals surface area contributed by atoms with Crippen molar-refractivity contribution < 1.29 is 0 Å². The summed E-state index contributed by atoms with van der Waals surface area (Å²) in [5.41, 5.74) is 3.82. The summed E-state index contributed by atoms with van der Waals surface area (Å²) in [5.74, 6) is 0.909. The van der Waals surface area contributed by atoms with Gasteiger partial charge in [-0.15, -0.1) is 0 Å². The van der Waals surface area contributed by atoms with Crippen LogP contribution in [0.3, 0.4) is 0 Å². The van der Waals surface area contributed by atoms with E-state index in [1.165, 1.54) is 37.1 Å². The van der Waals surface area contributed by atoms with E-state index in [2.05, 4.69) is 69.9 Å². The second-order valence-electron chi connectivity index (χ2n) is 7.44. The Morgan fingerprint density at radius 3 is 2.68 bits per heavy atom. The standard InChI is InChI=1S/C22H34N6/c1-3-23-22(24-13-9-12-20-16-26-27-18(20)2)25-17-21(28-14-7-8-15-28)19-10-5-4-6-11-19/h4-6,10-11,16,21H,3,7-9,12-15,17H2,1-2H3,(H,26,27)(H2,23,24,25). The van der Waals surface area contributed by atoms with Gasteiger partial charge in [-0.2, -0.15) is 5.10 Å². The molecule has 0 amide bonds. The van der Waals surface area contributed by atoms with Crippen molar-refractivity contribution in [3.8, 4) is 0 Å². The number of hydrogen-bond donors (Lipinski definition) is 3. The fraction of sp³-hybridized carbons (Fsp3) is 0.545. The zero-order chi connectivity index (χ0) is 19.6. The second kappa shape index (κ2) is 10.9. The first-order valence-electron chi connectivity index (χ1n) is 10.6. The predicted octanol–water partition coefficient (Wildman–Crippen LogP) is 3.04. The summed E-state index contributed by atoms with van der Waals surface area (Å²) < 4.78 is 0. The summed E-state index contributed by atoms with van der Waals surface area (Å²) in [6.07, 6.45) is 6.58. The molecule has 1 aliphatic heterocycles. The molecule has 0 saturated carbocycles. The van der Waals surface area contributed by atoms with Crippen molar-refractivity contribution in [1.29, 1.82) is 0 Å². The Balaban J connectivity index is 1.57. The summed E-state index contributed by atoms with van der Waals surface area (Å²) >= 11 is 0. The number of aromatic amines is 1. The number of nitrogens with one attached hydrogen (secondary N) is 3. The van der Waals surface area contributed by atoms with Gasteiger partial charge in [-0.25, -0.2) is 0 Å². The Labute approximate surface area is 168 Å². The summed E-state index contributed by atoms with van der Waals surface area (Å²) in [5, 5.41) is 14.0. The van der Waals surface area contributed by atoms with Gasteiger partial charge in [0.2, 0.25) is 0 Å². The smallest absolute Gasteiger partial charge is 0.191 e. The first-order chi connectivity index (χ1) is 13.8. The molecule has 1 unspecified atom stereocenters. The van der Waals surface area contributed by atoms with E-state index in [4.69, 9.17) is 4.99 Å². The second-order valence-corrected chi connectivity index (χ2v) is 7.44. The Kier molecular flexibility index (Phi) is 7.91. The fourth-order valence-corrected chi connectivity index (χ4v) is 3.79. The number of benzene rings is 1. The molecule has 0 radical (unpaired) electrons. The molecule has 6 nitrogen and oxygen atoms in total. The van der Waals surface area contributed by atoms with Gasteiger partial charge in [0.1, 0.15) is 0 Å². The third-order valence-corrected chi connectivity index (χ3v) is 5.38. The molecule has 0 bridgehead atoms. The summed E-state index contributed by atoms with van der Waals surface area (Å²) in [6, 6.07) is 11.2. The van der Waals surface area contributed by atoms with Gasteiger partial charge in [-0.1, -0.05) is 30.3 Å². The zero-order valence-corrected chi connectivity index (χ0v) is 17.2. The summed E-state index contributed by atoms with van der Waals surface area (Å²) in [6.45, 7) is 9.07. The minimum atomic E-state index is 0.354. The molecule has 28 heavy (non-hydrogen) atoms. The third kappa shape index (κ3) is 5.83. The van der Waals surface area contributed by atoms with E-state index in [1.54, 1.807) is 0 Å². The number of rotatable bonds is 9. The molecule has 0 aliphatic carbocycles. The van der Waals surface area contributed by atoms with Crippen LogP contribution < -0.4 is 10.6 Å². The average molecular weight is 383 g/mol. The molecule has 3 N–H and O–H groups in total. The molecular formula is C22H34N6. The van der Waals surface area contributed by atoms with E-state index < -0.39 is 0 Å². The van der Waals surface area contributed by atoms with Crippen LogP contribution in [0.2, 0.25) is 0 Å². The number of aromatic nitrogens is 2. The lowest BCUT2D eigenvalue weighted by Crippen LogP contribution is -2.39. The normalized spacial score (nSPS) is 16.3. The van der Waals surface area contributed by atoms with Crippen molar-refractivity contribution in [2.24, 2.45) is 4.99 Å².